The van der Waals surface area contributed by atoms with Crippen molar-refractivity contribution < 1.29 is 13.2 Å². The fraction of sp³-hybridized carbons (Fsp3) is 0.133. The number of carbonyl (C=O) groups is 1. The average molecular weight is 408 g/mol. The Morgan fingerprint density at radius 3 is 2.12 bits per heavy atom. The van der Waals surface area contributed by atoms with Crippen LogP contribution in [0.2, 0.25) is 15.1 Å². The first kappa shape index (κ1) is 19.0. The van der Waals surface area contributed by atoms with Crippen molar-refractivity contribution in [1.29, 1.82) is 0 Å². The van der Waals surface area contributed by atoms with Crippen LogP contribution in [0.5, 0.6) is 0 Å². The number of rotatable bonds is 5. The molecule has 0 aliphatic rings. The lowest BCUT2D eigenvalue weighted by atomic mass is 10.3. The summed E-state index contributed by atoms with van der Waals surface area (Å²) in [6, 6.07) is 10.8. The number of hydrogen-bond acceptors (Lipinski definition) is 3. The van der Waals surface area contributed by atoms with E-state index in [4.69, 9.17) is 34.8 Å². The van der Waals surface area contributed by atoms with E-state index >= 15 is 0 Å². The minimum absolute atomic E-state index is 0.00698. The molecule has 0 atom stereocenters. The Labute approximate surface area is 155 Å². The van der Waals surface area contributed by atoms with Crippen LogP contribution in [0.15, 0.2) is 47.4 Å². The van der Waals surface area contributed by atoms with Crippen LogP contribution in [0.3, 0.4) is 0 Å². The van der Waals surface area contributed by atoms with Gasteiger partial charge in [-0.25, -0.2) is 8.42 Å². The molecule has 2 rings (SSSR count). The van der Waals surface area contributed by atoms with E-state index in [2.05, 4.69) is 5.32 Å². The molecule has 1 N–H and O–H groups in total. The van der Waals surface area contributed by atoms with Crippen molar-refractivity contribution in [3.8, 4) is 0 Å². The van der Waals surface area contributed by atoms with Crippen LogP contribution in [0.4, 0.5) is 5.69 Å². The zero-order valence-corrected chi connectivity index (χ0v) is 15.5. The highest BCUT2D eigenvalue weighted by atomic mass is 35.5. The Hall–Kier alpha value is -1.31. The van der Waals surface area contributed by atoms with Crippen molar-refractivity contribution in [2.45, 2.75) is 4.90 Å². The number of hydrogen-bond donors (Lipinski definition) is 1. The molecule has 0 saturated heterocycles. The molecule has 0 radical (unpaired) electrons. The molecule has 1 amide bonds. The molecule has 0 aliphatic carbocycles. The summed E-state index contributed by atoms with van der Waals surface area (Å²) < 4.78 is 26.0. The monoisotopic (exact) mass is 406 g/mol. The summed E-state index contributed by atoms with van der Waals surface area (Å²) >= 11 is 17.6. The molecule has 128 valence electrons. The second kappa shape index (κ2) is 7.72. The molecule has 0 spiro atoms. The molecule has 0 bridgehead atoms. The second-order valence-corrected chi connectivity index (χ2v) is 8.10. The molecule has 0 aromatic heterocycles. The minimum Gasteiger partial charge on any atom is -0.325 e. The van der Waals surface area contributed by atoms with Crippen LogP contribution in [-0.2, 0) is 14.8 Å². The molecule has 0 aliphatic heterocycles. The lowest BCUT2D eigenvalue weighted by molar-refractivity contribution is -0.116. The number of halogens is 3. The highest BCUT2D eigenvalue weighted by Crippen LogP contribution is 2.30. The van der Waals surface area contributed by atoms with Gasteiger partial charge in [0.25, 0.3) is 0 Å². The van der Waals surface area contributed by atoms with Crippen molar-refractivity contribution >= 4 is 56.4 Å². The Bertz CT molecular complexity index is 835. The maximum Gasteiger partial charge on any atom is 0.246 e. The molecular weight excluding hydrogens is 395 g/mol. The molecule has 0 heterocycles. The van der Waals surface area contributed by atoms with Gasteiger partial charge in [-0.05, 0) is 36.4 Å². The lowest BCUT2D eigenvalue weighted by Crippen LogP contribution is -2.35. The van der Waals surface area contributed by atoms with Gasteiger partial charge in [0, 0.05) is 17.8 Å². The van der Waals surface area contributed by atoms with Gasteiger partial charge in [0.15, 0.2) is 0 Å². The van der Waals surface area contributed by atoms with Crippen LogP contribution in [0.1, 0.15) is 0 Å². The van der Waals surface area contributed by atoms with Crippen molar-refractivity contribution in [2.24, 2.45) is 0 Å². The van der Waals surface area contributed by atoms with Crippen LogP contribution in [0.25, 0.3) is 0 Å². The molecule has 2 aromatic rings. The van der Waals surface area contributed by atoms with Gasteiger partial charge in [0.05, 0.1) is 16.6 Å². The van der Waals surface area contributed by atoms with E-state index in [1.807, 2.05) is 0 Å². The van der Waals surface area contributed by atoms with E-state index < -0.39 is 22.5 Å². The van der Waals surface area contributed by atoms with Gasteiger partial charge in [-0.15, -0.1) is 0 Å². The SMILES string of the molecule is CN(CC(=O)Nc1ccc(Cl)cc1)S(=O)(=O)c1c(Cl)cccc1Cl. The molecule has 0 unspecified atom stereocenters. The summed E-state index contributed by atoms with van der Waals surface area (Å²) in [5, 5.41) is 3.10. The van der Waals surface area contributed by atoms with E-state index in [0.717, 1.165) is 4.31 Å². The molecule has 24 heavy (non-hydrogen) atoms. The second-order valence-electron chi connectivity index (χ2n) is 4.87. The van der Waals surface area contributed by atoms with Gasteiger partial charge >= 0.3 is 0 Å². The number of likely N-dealkylation sites (N-methyl/N-ethyl adjacent to an activating group) is 1. The van der Waals surface area contributed by atoms with Crippen molar-refractivity contribution in [3.63, 3.8) is 0 Å². The van der Waals surface area contributed by atoms with Gasteiger partial charge in [0.2, 0.25) is 15.9 Å². The van der Waals surface area contributed by atoms with Gasteiger partial charge < -0.3 is 5.32 Å². The summed E-state index contributed by atoms with van der Waals surface area (Å²) in [6.07, 6.45) is 0. The number of anilines is 1. The van der Waals surface area contributed by atoms with E-state index in [-0.39, 0.29) is 14.9 Å². The van der Waals surface area contributed by atoms with Gasteiger partial charge in [0.1, 0.15) is 4.90 Å². The summed E-state index contributed by atoms with van der Waals surface area (Å²) in [6.45, 7) is -0.396. The number of amides is 1. The van der Waals surface area contributed by atoms with Crippen molar-refractivity contribution in [3.05, 3.63) is 57.5 Å². The van der Waals surface area contributed by atoms with E-state index in [1.54, 1.807) is 24.3 Å². The van der Waals surface area contributed by atoms with E-state index in [9.17, 15) is 13.2 Å². The predicted octanol–water partition coefficient (Wildman–Crippen LogP) is 3.91. The Kier molecular flexibility index (Phi) is 6.11. The van der Waals surface area contributed by atoms with Crippen LogP contribution < -0.4 is 5.32 Å². The van der Waals surface area contributed by atoms with Crippen LogP contribution in [0, 0.1) is 0 Å². The maximum absolute atomic E-state index is 12.6. The zero-order valence-electron chi connectivity index (χ0n) is 12.5. The average Bonchev–Trinajstić information content (AvgIpc) is 2.49. The molecular formula is C15H13Cl3N2O3S. The fourth-order valence-corrected chi connectivity index (χ4v) is 4.24. The number of nitrogens with one attached hydrogen (secondary N) is 1. The third-order valence-electron chi connectivity index (χ3n) is 3.08. The standard InChI is InChI=1S/C15H13Cl3N2O3S/c1-20(9-14(21)19-11-7-5-10(16)6-8-11)24(22,23)15-12(17)3-2-4-13(15)18/h2-8H,9H2,1H3,(H,19,21). The van der Waals surface area contributed by atoms with Gasteiger partial charge in [-0.2, -0.15) is 4.31 Å². The minimum atomic E-state index is -4.01. The van der Waals surface area contributed by atoms with E-state index in [0.29, 0.717) is 10.7 Å². The number of nitrogens with zero attached hydrogens (tertiary/aromatic N) is 1. The summed E-state index contributed by atoms with van der Waals surface area (Å²) in [4.78, 5) is 11.8. The third kappa shape index (κ3) is 4.40. The lowest BCUT2D eigenvalue weighted by Gasteiger charge is -2.18. The van der Waals surface area contributed by atoms with Crippen LogP contribution in [-0.4, -0.2) is 32.2 Å². The first-order valence-electron chi connectivity index (χ1n) is 6.67. The predicted molar refractivity (Wildman–Crippen MR) is 96.4 cm³/mol. The number of benzene rings is 2. The normalized spacial score (nSPS) is 11.5. The highest BCUT2D eigenvalue weighted by Gasteiger charge is 2.27. The van der Waals surface area contributed by atoms with Gasteiger partial charge in [-0.3, -0.25) is 4.79 Å². The topological polar surface area (TPSA) is 66.5 Å². The molecule has 0 saturated carbocycles. The van der Waals surface area contributed by atoms with E-state index in [1.165, 1.54) is 25.2 Å². The third-order valence-corrected chi connectivity index (χ3v) is 6.09. The van der Waals surface area contributed by atoms with Gasteiger partial charge in [-0.1, -0.05) is 40.9 Å². The molecule has 9 heteroatoms. The first-order valence-corrected chi connectivity index (χ1v) is 9.25. The quantitative estimate of drug-likeness (QED) is 0.817. The summed E-state index contributed by atoms with van der Waals surface area (Å²) in [5.74, 6) is -0.508. The highest BCUT2D eigenvalue weighted by molar-refractivity contribution is 7.89. The Morgan fingerprint density at radius 1 is 1.04 bits per heavy atom. The largest absolute Gasteiger partial charge is 0.325 e. The first-order chi connectivity index (χ1) is 11.2. The van der Waals surface area contributed by atoms with Crippen LogP contribution >= 0.6 is 34.8 Å². The van der Waals surface area contributed by atoms with Crippen molar-refractivity contribution in [2.75, 3.05) is 18.9 Å². The number of carbonyl (C=O) groups excluding carboxylic acids is 1. The maximum atomic E-state index is 12.6. The molecule has 2 aromatic carbocycles. The Balaban J connectivity index is 2.14. The Morgan fingerprint density at radius 2 is 1.58 bits per heavy atom. The smallest absolute Gasteiger partial charge is 0.246 e. The van der Waals surface area contributed by atoms with Crippen molar-refractivity contribution in [1.82, 2.24) is 4.31 Å². The number of sulfonamides is 1. The molecule has 5 nitrogen and oxygen atoms in total. The zero-order chi connectivity index (χ0) is 17.9. The summed E-state index contributed by atoms with van der Waals surface area (Å²) in [5.41, 5.74) is 0.506. The fourth-order valence-electron chi connectivity index (χ4n) is 1.91. The molecule has 0 fully saturated rings. The summed E-state index contributed by atoms with van der Waals surface area (Å²) in [7, 11) is -2.73.